The van der Waals surface area contributed by atoms with Crippen LogP contribution in [-0.2, 0) is 11.3 Å². The topological polar surface area (TPSA) is 88.0 Å². The molecule has 1 saturated heterocycles. The first-order valence-corrected chi connectivity index (χ1v) is 9.12. The minimum atomic E-state index is -0.472. The summed E-state index contributed by atoms with van der Waals surface area (Å²) in [6.45, 7) is 3.33. The first kappa shape index (κ1) is 19.6. The van der Waals surface area contributed by atoms with E-state index in [9.17, 15) is 14.9 Å². The minimum Gasteiger partial charge on any atom is -0.378 e. The molecule has 0 atom stereocenters. The minimum absolute atomic E-state index is 0.0913. The second kappa shape index (κ2) is 8.71. The van der Waals surface area contributed by atoms with Crippen molar-refractivity contribution in [3.63, 3.8) is 0 Å². The standard InChI is InChI=1S/C20H24N4O4/c1-22(2)18-8-7-15(13-19(18)24(26)27)20(25)21-14-16-5-3-4-6-17(16)23-9-11-28-12-10-23/h3-8,13H,9-12,14H2,1-2H3,(H,21,25). The zero-order valence-corrected chi connectivity index (χ0v) is 16.1. The van der Waals surface area contributed by atoms with E-state index in [2.05, 4.69) is 10.2 Å². The smallest absolute Gasteiger partial charge is 0.293 e. The fourth-order valence-electron chi connectivity index (χ4n) is 3.24. The second-order valence-electron chi connectivity index (χ2n) is 6.77. The van der Waals surface area contributed by atoms with Crippen LogP contribution in [-0.4, -0.2) is 51.2 Å². The summed E-state index contributed by atoms with van der Waals surface area (Å²) in [5.41, 5.74) is 2.70. The highest BCUT2D eigenvalue weighted by Crippen LogP contribution is 2.28. The molecular weight excluding hydrogens is 360 g/mol. The van der Waals surface area contributed by atoms with Crippen molar-refractivity contribution in [1.29, 1.82) is 0 Å². The van der Waals surface area contributed by atoms with Crippen LogP contribution in [0.15, 0.2) is 42.5 Å². The lowest BCUT2D eigenvalue weighted by molar-refractivity contribution is -0.384. The molecule has 3 rings (SSSR count). The van der Waals surface area contributed by atoms with Crippen molar-refractivity contribution in [3.8, 4) is 0 Å². The van der Waals surface area contributed by atoms with E-state index in [0.717, 1.165) is 24.3 Å². The highest BCUT2D eigenvalue weighted by Gasteiger charge is 2.19. The Morgan fingerprint density at radius 3 is 2.61 bits per heavy atom. The number of rotatable bonds is 6. The number of nitro groups is 1. The first-order valence-electron chi connectivity index (χ1n) is 9.12. The molecule has 1 amide bonds. The molecule has 148 valence electrons. The van der Waals surface area contributed by atoms with Crippen LogP contribution < -0.4 is 15.1 Å². The van der Waals surface area contributed by atoms with Gasteiger partial charge in [0.1, 0.15) is 5.69 Å². The second-order valence-corrected chi connectivity index (χ2v) is 6.77. The van der Waals surface area contributed by atoms with Crippen LogP contribution in [0, 0.1) is 10.1 Å². The molecule has 1 N–H and O–H groups in total. The Bertz CT molecular complexity index is 863. The maximum absolute atomic E-state index is 12.6. The van der Waals surface area contributed by atoms with Crippen LogP contribution in [0.25, 0.3) is 0 Å². The van der Waals surface area contributed by atoms with Gasteiger partial charge in [0.15, 0.2) is 0 Å². The molecule has 2 aromatic carbocycles. The molecule has 2 aromatic rings. The van der Waals surface area contributed by atoms with Gasteiger partial charge in [0.2, 0.25) is 0 Å². The lowest BCUT2D eigenvalue weighted by Gasteiger charge is -2.30. The molecule has 1 fully saturated rings. The van der Waals surface area contributed by atoms with E-state index in [1.165, 1.54) is 6.07 Å². The van der Waals surface area contributed by atoms with E-state index in [0.29, 0.717) is 25.4 Å². The zero-order chi connectivity index (χ0) is 20.1. The fourth-order valence-corrected chi connectivity index (χ4v) is 3.24. The third-order valence-corrected chi connectivity index (χ3v) is 4.70. The number of morpholine rings is 1. The Morgan fingerprint density at radius 2 is 1.93 bits per heavy atom. The Labute approximate surface area is 163 Å². The maximum atomic E-state index is 12.6. The van der Waals surface area contributed by atoms with Gasteiger partial charge in [-0.15, -0.1) is 0 Å². The number of hydrogen-bond acceptors (Lipinski definition) is 6. The van der Waals surface area contributed by atoms with Crippen molar-refractivity contribution in [3.05, 3.63) is 63.7 Å². The van der Waals surface area contributed by atoms with Crippen LogP contribution in [0.1, 0.15) is 15.9 Å². The molecule has 1 heterocycles. The fraction of sp³-hybridized carbons (Fsp3) is 0.350. The number of nitrogens with one attached hydrogen (secondary N) is 1. The molecule has 0 saturated carbocycles. The maximum Gasteiger partial charge on any atom is 0.293 e. The molecule has 1 aliphatic heterocycles. The van der Waals surface area contributed by atoms with E-state index in [4.69, 9.17) is 4.74 Å². The average Bonchev–Trinajstić information content (AvgIpc) is 2.72. The van der Waals surface area contributed by atoms with Gasteiger partial charge >= 0.3 is 0 Å². The van der Waals surface area contributed by atoms with E-state index in [1.54, 1.807) is 31.1 Å². The van der Waals surface area contributed by atoms with Gasteiger partial charge in [-0.25, -0.2) is 0 Å². The van der Waals surface area contributed by atoms with Crippen molar-refractivity contribution in [2.45, 2.75) is 6.54 Å². The van der Waals surface area contributed by atoms with Crippen molar-refractivity contribution in [2.75, 3.05) is 50.2 Å². The quantitative estimate of drug-likeness (QED) is 0.608. The lowest BCUT2D eigenvalue weighted by atomic mass is 10.1. The van der Waals surface area contributed by atoms with Crippen LogP contribution >= 0.6 is 0 Å². The van der Waals surface area contributed by atoms with Gasteiger partial charge in [0.25, 0.3) is 11.6 Å². The van der Waals surface area contributed by atoms with Crippen molar-refractivity contribution < 1.29 is 14.5 Å². The molecule has 0 bridgehead atoms. The summed E-state index contributed by atoms with van der Waals surface area (Å²) in [5, 5.41) is 14.2. The summed E-state index contributed by atoms with van der Waals surface area (Å²) in [6, 6.07) is 12.4. The molecule has 0 unspecified atom stereocenters. The average molecular weight is 384 g/mol. The number of anilines is 2. The zero-order valence-electron chi connectivity index (χ0n) is 16.1. The Balaban J connectivity index is 1.74. The van der Waals surface area contributed by atoms with Gasteiger partial charge in [-0.1, -0.05) is 18.2 Å². The van der Waals surface area contributed by atoms with Crippen LogP contribution in [0.3, 0.4) is 0 Å². The SMILES string of the molecule is CN(C)c1ccc(C(=O)NCc2ccccc2N2CCOCC2)cc1[N+](=O)[O-]. The van der Waals surface area contributed by atoms with Crippen molar-refractivity contribution in [1.82, 2.24) is 5.32 Å². The third kappa shape index (κ3) is 4.40. The summed E-state index contributed by atoms with van der Waals surface area (Å²) in [6.07, 6.45) is 0. The normalized spacial score (nSPS) is 13.9. The largest absolute Gasteiger partial charge is 0.378 e. The lowest BCUT2D eigenvalue weighted by Crippen LogP contribution is -2.37. The van der Waals surface area contributed by atoms with Gasteiger partial charge < -0.3 is 19.9 Å². The Kier molecular flexibility index (Phi) is 6.10. The molecule has 8 nitrogen and oxygen atoms in total. The van der Waals surface area contributed by atoms with Gasteiger partial charge in [-0.2, -0.15) is 0 Å². The van der Waals surface area contributed by atoms with E-state index in [-0.39, 0.29) is 17.2 Å². The predicted octanol–water partition coefficient (Wildman–Crippen LogP) is 2.43. The monoisotopic (exact) mass is 384 g/mol. The summed E-state index contributed by atoms with van der Waals surface area (Å²) >= 11 is 0. The number of para-hydroxylation sites is 1. The number of nitro benzene ring substituents is 1. The van der Waals surface area contributed by atoms with E-state index in [1.807, 2.05) is 24.3 Å². The molecular formula is C20H24N4O4. The molecule has 0 spiro atoms. The van der Waals surface area contributed by atoms with Gasteiger partial charge in [-0.05, 0) is 23.8 Å². The van der Waals surface area contributed by atoms with E-state index < -0.39 is 4.92 Å². The molecule has 1 aliphatic rings. The molecule has 0 aromatic heterocycles. The number of hydrogen-bond donors (Lipinski definition) is 1. The number of nitrogens with zero attached hydrogens (tertiary/aromatic N) is 3. The summed E-state index contributed by atoms with van der Waals surface area (Å²) in [7, 11) is 3.45. The number of benzene rings is 2. The molecule has 0 aliphatic carbocycles. The Morgan fingerprint density at radius 1 is 1.21 bits per heavy atom. The van der Waals surface area contributed by atoms with Crippen LogP contribution in [0.4, 0.5) is 17.1 Å². The molecule has 0 radical (unpaired) electrons. The number of carbonyl (C=O) groups is 1. The van der Waals surface area contributed by atoms with Crippen molar-refractivity contribution >= 4 is 23.0 Å². The Hall–Kier alpha value is -3.13. The van der Waals surface area contributed by atoms with Crippen LogP contribution in [0.2, 0.25) is 0 Å². The first-order chi connectivity index (χ1) is 13.5. The van der Waals surface area contributed by atoms with Gasteiger partial charge in [0, 0.05) is 51.0 Å². The molecule has 28 heavy (non-hydrogen) atoms. The number of carbonyl (C=O) groups excluding carboxylic acids is 1. The number of ether oxygens (including phenoxy) is 1. The van der Waals surface area contributed by atoms with Gasteiger partial charge in [-0.3, -0.25) is 14.9 Å². The predicted molar refractivity (Wildman–Crippen MR) is 108 cm³/mol. The van der Waals surface area contributed by atoms with E-state index >= 15 is 0 Å². The summed E-state index contributed by atoms with van der Waals surface area (Å²) < 4.78 is 5.40. The van der Waals surface area contributed by atoms with Gasteiger partial charge in [0.05, 0.1) is 18.1 Å². The highest BCUT2D eigenvalue weighted by molar-refractivity contribution is 5.95. The third-order valence-electron chi connectivity index (χ3n) is 4.70. The number of amides is 1. The summed E-state index contributed by atoms with van der Waals surface area (Å²) in [5.74, 6) is -0.342. The van der Waals surface area contributed by atoms with Crippen molar-refractivity contribution in [2.24, 2.45) is 0 Å². The summed E-state index contributed by atoms with van der Waals surface area (Å²) in [4.78, 5) is 27.3. The highest BCUT2D eigenvalue weighted by atomic mass is 16.6. The van der Waals surface area contributed by atoms with Crippen LogP contribution in [0.5, 0.6) is 0 Å². The molecule has 8 heteroatoms.